The summed E-state index contributed by atoms with van der Waals surface area (Å²) in [6, 6.07) is 4.97. The molecule has 0 aliphatic rings. The van der Waals surface area contributed by atoms with E-state index in [1.54, 1.807) is 31.2 Å². The number of hydrogen-bond donors (Lipinski definition) is 7. The molecule has 0 heterocycles. The van der Waals surface area contributed by atoms with Crippen LogP contribution in [0.25, 0.3) is 0 Å². The van der Waals surface area contributed by atoms with Crippen molar-refractivity contribution in [2.24, 2.45) is 34.0 Å². The van der Waals surface area contributed by atoms with E-state index in [0.29, 0.717) is 19.3 Å². The second-order valence-electron chi connectivity index (χ2n) is 9.88. The van der Waals surface area contributed by atoms with Crippen LogP contribution < -0.4 is 33.2 Å². The van der Waals surface area contributed by atoms with Gasteiger partial charge in [-0.05, 0) is 30.2 Å². The molecule has 0 radical (unpaired) electrons. The summed E-state index contributed by atoms with van der Waals surface area (Å²) in [7, 11) is 0. The minimum Gasteiger partial charge on any atom is -0.480 e. The Kier molecular flexibility index (Phi) is 14.6. The van der Waals surface area contributed by atoms with Crippen molar-refractivity contribution >= 4 is 29.7 Å². The summed E-state index contributed by atoms with van der Waals surface area (Å²) >= 11 is 0. The highest BCUT2D eigenvalue weighted by atomic mass is 16.4. The van der Waals surface area contributed by atoms with Gasteiger partial charge in [0.15, 0.2) is 5.96 Å². The summed E-state index contributed by atoms with van der Waals surface area (Å²) < 4.78 is 0. The molecule has 0 spiro atoms. The van der Waals surface area contributed by atoms with Gasteiger partial charge < -0.3 is 38.3 Å². The van der Waals surface area contributed by atoms with Crippen molar-refractivity contribution in [1.82, 2.24) is 16.0 Å². The highest BCUT2D eigenvalue weighted by molar-refractivity contribution is 5.94. The lowest BCUT2D eigenvalue weighted by Crippen LogP contribution is -2.58. The van der Waals surface area contributed by atoms with Crippen molar-refractivity contribution in [2.45, 2.75) is 84.0 Å². The van der Waals surface area contributed by atoms with Crippen LogP contribution >= 0.6 is 0 Å². The first-order chi connectivity index (χ1) is 18.4. The Morgan fingerprint density at radius 1 is 0.872 bits per heavy atom. The zero-order chi connectivity index (χ0) is 29.5. The number of benzene rings is 1. The number of carbonyl (C=O) groups excluding carboxylic acids is 3. The van der Waals surface area contributed by atoms with Gasteiger partial charge in [-0.25, -0.2) is 4.79 Å². The van der Waals surface area contributed by atoms with Crippen LogP contribution in [-0.2, 0) is 25.6 Å². The Labute approximate surface area is 230 Å². The van der Waals surface area contributed by atoms with E-state index in [-0.39, 0.29) is 37.2 Å². The number of nitrogens with one attached hydrogen (secondary N) is 3. The smallest absolute Gasteiger partial charge is 0.326 e. The molecule has 0 saturated carbocycles. The van der Waals surface area contributed by atoms with Crippen LogP contribution in [-0.4, -0.2) is 65.5 Å². The standard InChI is InChI=1S/C27H45N7O5/c1-5-16(3)21(28)25(37)32-19(13-10-14-31-27(29)30)23(35)33-20(15-18-11-8-7-9-12-18)24(36)34-22(26(38)39)17(4)6-2/h7-9,11-12,16-17,19-22H,5-6,10,13-15,28H2,1-4H3,(H,32,37)(H,33,35)(H,34,36)(H,38,39)(H4,29,30,31). The molecule has 3 amide bonds. The van der Waals surface area contributed by atoms with Gasteiger partial charge in [0.1, 0.15) is 18.1 Å². The summed E-state index contributed by atoms with van der Waals surface area (Å²) in [6.07, 6.45) is 1.89. The maximum atomic E-state index is 13.4. The topological polar surface area (TPSA) is 215 Å². The Bertz CT molecular complexity index is 969. The van der Waals surface area contributed by atoms with Crippen molar-refractivity contribution in [3.63, 3.8) is 0 Å². The quantitative estimate of drug-likeness (QED) is 0.0812. The minimum absolute atomic E-state index is 0.0901. The van der Waals surface area contributed by atoms with Gasteiger partial charge in [0, 0.05) is 13.0 Å². The van der Waals surface area contributed by atoms with Crippen molar-refractivity contribution in [2.75, 3.05) is 6.54 Å². The monoisotopic (exact) mass is 547 g/mol. The lowest BCUT2D eigenvalue weighted by Gasteiger charge is -2.27. The molecular weight excluding hydrogens is 502 g/mol. The molecule has 0 fully saturated rings. The minimum atomic E-state index is -1.16. The number of hydrogen-bond acceptors (Lipinski definition) is 6. The fourth-order valence-electron chi connectivity index (χ4n) is 3.82. The third-order valence-electron chi connectivity index (χ3n) is 6.83. The van der Waals surface area contributed by atoms with E-state index in [4.69, 9.17) is 17.2 Å². The normalized spacial score (nSPS) is 15.5. The van der Waals surface area contributed by atoms with Crippen LogP contribution in [0, 0.1) is 11.8 Å². The van der Waals surface area contributed by atoms with E-state index in [0.717, 1.165) is 5.56 Å². The first kappa shape index (κ1) is 33.4. The maximum Gasteiger partial charge on any atom is 0.326 e. The van der Waals surface area contributed by atoms with Crippen molar-refractivity contribution in [1.29, 1.82) is 0 Å². The van der Waals surface area contributed by atoms with Crippen LogP contribution in [0.1, 0.15) is 58.9 Å². The molecule has 1 aromatic rings. The van der Waals surface area contributed by atoms with Gasteiger partial charge in [-0.3, -0.25) is 19.4 Å². The summed E-state index contributed by atoms with van der Waals surface area (Å²) in [5.74, 6) is -3.42. The predicted molar refractivity (Wildman–Crippen MR) is 150 cm³/mol. The van der Waals surface area contributed by atoms with E-state index in [1.165, 1.54) is 0 Å². The molecule has 1 aromatic carbocycles. The fourth-order valence-corrected chi connectivity index (χ4v) is 3.82. The number of carboxylic acid groups (broad SMARTS) is 1. The molecule has 12 heteroatoms. The lowest BCUT2D eigenvalue weighted by molar-refractivity contribution is -0.143. The van der Waals surface area contributed by atoms with Gasteiger partial charge >= 0.3 is 5.97 Å². The predicted octanol–water partition coefficient (Wildman–Crippen LogP) is 0.241. The number of rotatable bonds is 17. The van der Waals surface area contributed by atoms with Gasteiger partial charge in [0.05, 0.1) is 6.04 Å². The Morgan fingerprint density at radius 2 is 1.44 bits per heavy atom. The van der Waals surface area contributed by atoms with E-state index in [2.05, 4.69) is 20.9 Å². The molecule has 0 aliphatic heterocycles. The number of nitrogens with two attached hydrogens (primary N) is 3. The third-order valence-corrected chi connectivity index (χ3v) is 6.83. The first-order valence-electron chi connectivity index (χ1n) is 13.4. The molecule has 6 atom stereocenters. The second-order valence-corrected chi connectivity index (χ2v) is 9.88. The van der Waals surface area contributed by atoms with Gasteiger partial charge in [0.25, 0.3) is 0 Å². The van der Waals surface area contributed by atoms with E-state index in [9.17, 15) is 24.3 Å². The summed E-state index contributed by atoms with van der Waals surface area (Å²) in [6.45, 7) is 7.55. The van der Waals surface area contributed by atoms with Gasteiger partial charge in [-0.1, -0.05) is 70.9 Å². The summed E-state index contributed by atoms with van der Waals surface area (Å²) in [5, 5.41) is 17.6. The first-order valence-corrected chi connectivity index (χ1v) is 13.4. The average molecular weight is 548 g/mol. The van der Waals surface area contributed by atoms with Gasteiger partial charge in [-0.15, -0.1) is 0 Å². The van der Waals surface area contributed by atoms with Crippen LogP contribution in [0.2, 0.25) is 0 Å². The molecule has 218 valence electrons. The molecule has 0 aromatic heterocycles. The Morgan fingerprint density at radius 3 is 1.97 bits per heavy atom. The van der Waals surface area contributed by atoms with Gasteiger partial charge in [0.2, 0.25) is 17.7 Å². The number of carboxylic acids is 1. The van der Waals surface area contributed by atoms with Crippen LogP contribution in [0.5, 0.6) is 0 Å². The number of aliphatic carboxylic acids is 1. The number of amides is 3. The number of carbonyl (C=O) groups is 4. The van der Waals surface area contributed by atoms with E-state index < -0.39 is 47.9 Å². The number of nitrogens with zero attached hydrogens (tertiary/aromatic N) is 1. The Balaban J connectivity index is 3.19. The summed E-state index contributed by atoms with van der Waals surface area (Å²) in [5.41, 5.74) is 17.6. The molecule has 12 nitrogen and oxygen atoms in total. The number of guanidine groups is 1. The lowest BCUT2D eigenvalue weighted by atomic mass is 9.97. The molecule has 1 rings (SSSR count). The van der Waals surface area contributed by atoms with Crippen LogP contribution in [0.15, 0.2) is 35.3 Å². The molecule has 6 unspecified atom stereocenters. The third kappa shape index (κ3) is 11.7. The molecule has 39 heavy (non-hydrogen) atoms. The van der Waals surface area contributed by atoms with Crippen molar-refractivity contribution in [3.05, 3.63) is 35.9 Å². The highest BCUT2D eigenvalue weighted by Gasteiger charge is 2.32. The van der Waals surface area contributed by atoms with Gasteiger partial charge in [-0.2, -0.15) is 0 Å². The molecular formula is C27H45N7O5. The van der Waals surface area contributed by atoms with Crippen LogP contribution in [0.4, 0.5) is 0 Å². The fraction of sp³-hybridized carbons (Fsp3) is 0.593. The largest absolute Gasteiger partial charge is 0.480 e. The maximum absolute atomic E-state index is 13.4. The zero-order valence-corrected chi connectivity index (χ0v) is 23.4. The SMILES string of the molecule is CCC(C)C(N)C(=O)NC(CCCN=C(N)N)C(=O)NC(Cc1ccccc1)C(=O)NC(C(=O)O)C(C)CC. The Hall–Kier alpha value is -3.67. The van der Waals surface area contributed by atoms with E-state index in [1.807, 2.05) is 26.8 Å². The number of aliphatic imine (C=N–C) groups is 1. The molecule has 0 saturated heterocycles. The molecule has 0 bridgehead atoms. The van der Waals surface area contributed by atoms with Crippen molar-refractivity contribution in [3.8, 4) is 0 Å². The second kappa shape index (κ2) is 17.0. The molecule has 0 aliphatic carbocycles. The summed E-state index contributed by atoms with van der Waals surface area (Å²) in [4.78, 5) is 55.3. The zero-order valence-electron chi connectivity index (χ0n) is 23.4. The van der Waals surface area contributed by atoms with E-state index >= 15 is 0 Å². The molecule has 10 N–H and O–H groups in total. The average Bonchev–Trinajstić information content (AvgIpc) is 2.91. The highest BCUT2D eigenvalue weighted by Crippen LogP contribution is 2.11. The van der Waals surface area contributed by atoms with Crippen molar-refractivity contribution < 1.29 is 24.3 Å². The van der Waals surface area contributed by atoms with Crippen LogP contribution in [0.3, 0.4) is 0 Å².